The summed E-state index contributed by atoms with van der Waals surface area (Å²) < 4.78 is 0. The minimum Gasteiger partial charge on any atom is -0.335 e. The molecule has 130 valence electrons. The zero-order valence-electron chi connectivity index (χ0n) is 15.1. The topological polar surface area (TPSA) is 81.8 Å². The van der Waals surface area contributed by atoms with Crippen LogP contribution in [0.15, 0.2) is 29.1 Å². The number of aryl methyl sites for hydroxylation is 3. The number of benzene rings is 1. The summed E-state index contributed by atoms with van der Waals surface area (Å²) in [6, 6.07) is 6.88. The number of aromatic amines is 2. The van der Waals surface area contributed by atoms with Crippen LogP contribution in [0.4, 0.5) is 0 Å². The molecule has 1 amide bonds. The maximum absolute atomic E-state index is 13.1. The van der Waals surface area contributed by atoms with Crippen LogP contribution in [-0.4, -0.2) is 33.0 Å². The molecule has 6 heteroatoms. The Morgan fingerprint density at radius 1 is 1.20 bits per heavy atom. The summed E-state index contributed by atoms with van der Waals surface area (Å²) in [7, 11) is 1.75. The number of hydrogen-bond donors (Lipinski definition) is 2. The fraction of sp³-hybridized carbons (Fsp3) is 0.316. The largest absolute Gasteiger partial charge is 0.335 e. The van der Waals surface area contributed by atoms with Gasteiger partial charge in [-0.2, -0.15) is 5.10 Å². The highest BCUT2D eigenvalue weighted by Crippen LogP contribution is 2.27. The van der Waals surface area contributed by atoms with E-state index in [-0.39, 0.29) is 17.5 Å². The number of hydrogen-bond acceptors (Lipinski definition) is 3. The number of carbonyl (C=O) groups excluding carboxylic acids is 1. The van der Waals surface area contributed by atoms with Crippen molar-refractivity contribution in [3.63, 3.8) is 0 Å². The summed E-state index contributed by atoms with van der Waals surface area (Å²) in [4.78, 5) is 29.5. The van der Waals surface area contributed by atoms with E-state index in [2.05, 4.69) is 15.2 Å². The van der Waals surface area contributed by atoms with Crippen molar-refractivity contribution in [2.75, 3.05) is 7.05 Å². The van der Waals surface area contributed by atoms with Crippen LogP contribution in [0.1, 0.15) is 45.8 Å². The fourth-order valence-electron chi connectivity index (χ4n) is 3.28. The molecule has 0 saturated heterocycles. The number of aromatic nitrogens is 3. The van der Waals surface area contributed by atoms with Gasteiger partial charge in [0.05, 0.1) is 17.3 Å². The second kappa shape index (κ2) is 6.20. The number of nitrogens with zero attached hydrogens (tertiary/aromatic N) is 2. The molecule has 6 nitrogen and oxygen atoms in total. The lowest BCUT2D eigenvalue weighted by molar-refractivity contribution is 0.0744. The normalized spacial score (nSPS) is 12.4. The van der Waals surface area contributed by atoms with E-state index in [1.165, 1.54) is 6.07 Å². The zero-order chi connectivity index (χ0) is 18.3. The lowest BCUT2D eigenvalue weighted by Gasteiger charge is -2.26. The highest BCUT2D eigenvalue weighted by Gasteiger charge is 2.24. The molecule has 0 aliphatic carbocycles. The first-order chi connectivity index (χ1) is 11.8. The van der Waals surface area contributed by atoms with Crippen LogP contribution in [0.25, 0.3) is 10.9 Å². The van der Waals surface area contributed by atoms with Crippen molar-refractivity contribution in [2.24, 2.45) is 0 Å². The van der Waals surface area contributed by atoms with Crippen LogP contribution < -0.4 is 5.56 Å². The Hall–Kier alpha value is -2.89. The van der Waals surface area contributed by atoms with Gasteiger partial charge in [0.15, 0.2) is 0 Å². The molecule has 25 heavy (non-hydrogen) atoms. The van der Waals surface area contributed by atoms with Gasteiger partial charge in [0.1, 0.15) is 0 Å². The van der Waals surface area contributed by atoms with Crippen LogP contribution in [-0.2, 0) is 0 Å². The second-order valence-corrected chi connectivity index (χ2v) is 6.54. The number of amides is 1. The third kappa shape index (κ3) is 2.95. The van der Waals surface area contributed by atoms with Gasteiger partial charge in [0.25, 0.3) is 5.91 Å². The molecule has 2 N–H and O–H groups in total. The minimum absolute atomic E-state index is 0.162. The van der Waals surface area contributed by atoms with Gasteiger partial charge in [0.2, 0.25) is 5.56 Å². The lowest BCUT2D eigenvalue weighted by atomic mass is 10.0. The summed E-state index contributed by atoms with van der Waals surface area (Å²) in [5, 5.41) is 7.92. The maximum Gasteiger partial charge on any atom is 0.254 e. The molecule has 0 bridgehead atoms. The molecule has 0 saturated carbocycles. The van der Waals surface area contributed by atoms with Crippen molar-refractivity contribution in [2.45, 2.75) is 33.7 Å². The Bertz CT molecular complexity index is 996. The van der Waals surface area contributed by atoms with Gasteiger partial charge >= 0.3 is 0 Å². The molecule has 0 spiro atoms. The molecule has 1 aromatic carbocycles. The predicted octanol–water partition coefficient (Wildman–Crippen LogP) is 3.01. The Kier molecular flexibility index (Phi) is 4.20. The number of H-pyrrole nitrogens is 2. The van der Waals surface area contributed by atoms with E-state index in [0.717, 1.165) is 27.9 Å². The van der Waals surface area contributed by atoms with Gasteiger partial charge in [0, 0.05) is 35.3 Å². The van der Waals surface area contributed by atoms with Crippen molar-refractivity contribution in [3.8, 4) is 0 Å². The average molecular weight is 338 g/mol. The van der Waals surface area contributed by atoms with E-state index >= 15 is 0 Å². The number of nitrogens with one attached hydrogen (secondary N) is 2. The summed E-state index contributed by atoms with van der Waals surface area (Å²) in [5.74, 6) is -0.186. The van der Waals surface area contributed by atoms with Crippen LogP contribution in [0.2, 0.25) is 0 Å². The van der Waals surface area contributed by atoms with Gasteiger partial charge in [-0.1, -0.05) is 11.6 Å². The molecule has 0 fully saturated rings. The maximum atomic E-state index is 13.1. The number of rotatable bonds is 3. The highest BCUT2D eigenvalue weighted by atomic mass is 16.2. The van der Waals surface area contributed by atoms with Crippen LogP contribution >= 0.6 is 0 Å². The van der Waals surface area contributed by atoms with E-state index < -0.39 is 0 Å². The van der Waals surface area contributed by atoms with Crippen molar-refractivity contribution in [3.05, 3.63) is 62.7 Å². The molecule has 1 atom stereocenters. The van der Waals surface area contributed by atoms with E-state index in [4.69, 9.17) is 0 Å². The van der Waals surface area contributed by atoms with Crippen molar-refractivity contribution >= 4 is 16.8 Å². The van der Waals surface area contributed by atoms with Crippen molar-refractivity contribution < 1.29 is 4.79 Å². The van der Waals surface area contributed by atoms with Crippen LogP contribution in [0.5, 0.6) is 0 Å². The number of carbonyl (C=O) groups is 1. The van der Waals surface area contributed by atoms with Crippen LogP contribution in [0.3, 0.4) is 0 Å². The molecule has 3 aromatic rings. The van der Waals surface area contributed by atoms with Crippen molar-refractivity contribution in [1.82, 2.24) is 20.1 Å². The molecule has 0 aliphatic heterocycles. The molecule has 0 radical (unpaired) electrons. The molecule has 3 rings (SSSR count). The smallest absolute Gasteiger partial charge is 0.254 e. The average Bonchev–Trinajstić information content (AvgIpc) is 2.91. The van der Waals surface area contributed by atoms with E-state index in [1.807, 2.05) is 45.9 Å². The Morgan fingerprint density at radius 2 is 1.92 bits per heavy atom. The quantitative estimate of drug-likeness (QED) is 0.770. The lowest BCUT2D eigenvalue weighted by Crippen LogP contribution is -2.31. The van der Waals surface area contributed by atoms with E-state index in [0.29, 0.717) is 11.1 Å². The van der Waals surface area contributed by atoms with Gasteiger partial charge in [-0.25, -0.2) is 0 Å². The molecule has 2 aromatic heterocycles. The predicted molar refractivity (Wildman–Crippen MR) is 97.9 cm³/mol. The van der Waals surface area contributed by atoms with Crippen molar-refractivity contribution in [1.29, 1.82) is 0 Å². The SMILES string of the molecule is Cc1ccc2[nH]c(=O)cc(C(=O)N(C)[C@@H](C)c3c(C)n[nH]c3C)c2c1. The minimum atomic E-state index is -0.281. The summed E-state index contributed by atoms with van der Waals surface area (Å²) in [5.41, 5.74) is 4.64. The second-order valence-electron chi connectivity index (χ2n) is 6.54. The fourth-order valence-corrected chi connectivity index (χ4v) is 3.28. The van der Waals surface area contributed by atoms with Crippen LogP contribution in [0, 0.1) is 20.8 Å². The molecule has 0 aliphatic rings. The third-order valence-corrected chi connectivity index (χ3v) is 4.73. The monoisotopic (exact) mass is 338 g/mol. The molecule has 2 heterocycles. The molecular weight excluding hydrogens is 316 g/mol. The highest BCUT2D eigenvalue weighted by molar-refractivity contribution is 6.06. The third-order valence-electron chi connectivity index (χ3n) is 4.73. The molecule has 0 unspecified atom stereocenters. The van der Waals surface area contributed by atoms with E-state index in [1.54, 1.807) is 11.9 Å². The first-order valence-electron chi connectivity index (χ1n) is 8.22. The van der Waals surface area contributed by atoms with Gasteiger partial charge < -0.3 is 9.88 Å². The Labute approximate surface area is 145 Å². The zero-order valence-corrected chi connectivity index (χ0v) is 15.1. The standard InChI is InChI=1S/C19H22N4O2/c1-10-6-7-16-14(8-10)15(9-17(24)20-16)19(25)23(5)13(4)18-11(2)21-22-12(18)3/h6-9,13H,1-5H3,(H,20,24)(H,21,22)/t13-/m0/s1. The number of pyridine rings is 1. The summed E-state index contributed by atoms with van der Waals surface area (Å²) >= 11 is 0. The summed E-state index contributed by atoms with van der Waals surface area (Å²) in [6.07, 6.45) is 0. The van der Waals surface area contributed by atoms with Gasteiger partial charge in [-0.3, -0.25) is 14.7 Å². The van der Waals surface area contributed by atoms with E-state index in [9.17, 15) is 9.59 Å². The van der Waals surface area contributed by atoms with Gasteiger partial charge in [-0.15, -0.1) is 0 Å². The first kappa shape index (κ1) is 17.0. The summed E-state index contributed by atoms with van der Waals surface area (Å²) in [6.45, 7) is 7.78. The van der Waals surface area contributed by atoms with Gasteiger partial charge in [-0.05, 0) is 39.8 Å². The first-order valence-corrected chi connectivity index (χ1v) is 8.22. The number of fused-ring (bicyclic) bond motifs is 1. The Morgan fingerprint density at radius 3 is 2.56 bits per heavy atom. The Balaban J connectivity index is 2.07. The molecular formula is C19H22N4O2.